The summed E-state index contributed by atoms with van der Waals surface area (Å²) >= 11 is 7.83. The average molecular weight is 384 g/mol. The van der Waals surface area contributed by atoms with Gasteiger partial charge < -0.3 is 9.80 Å². The fourth-order valence-electron chi connectivity index (χ4n) is 2.99. The Labute approximate surface area is 161 Å². The molecule has 0 unspecified atom stereocenters. The van der Waals surface area contributed by atoms with Crippen LogP contribution in [0.1, 0.15) is 5.56 Å². The zero-order valence-corrected chi connectivity index (χ0v) is 15.7. The van der Waals surface area contributed by atoms with E-state index in [4.69, 9.17) is 16.6 Å². The minimum atomic E-state index is 0.0221. The Hall–Kier alpha value is -2.37. The van der Waals surface area contributed by atoms with E-state index in [9.17, 15) is 4.79 Å². The second-order valence-corrected chi connectivity index (χ2v) is 7.55. The Balaban J connectivity index is 1.38. The minimum Gasteiger partial charge on any atom is -0.345 e. The molecular weight excluding hydrogens is 366 g/mol. The molecule has 2 aromatic carbocycles. The van der Waals surface area contributed by atoms with E-state index >= 15 is 0 Å². The zero-order valence-electron chi connectivity index (χ0n) is 14.1. The second kappa shape index (κ2) is 7.48. The van der Waals surface area contributed by atoms with Gasteiger partial charge in [-0.3, -0.25) is 4.79 Å². The maximum atomic E-state index is 12.4. The van der Waals surface area contributed by atoms with E-state index in [2.05, 4.69) is 11.0 Å². The van der Waals surface area contributed by atoms with E-state index in [0.717, 1.165) is 29.3 Å². The number of piperazine rings is 1. The highest BCUT2D eigenvalue weighted by Gasteiger charge is 2.21. The van der Waals surface area contributed by atoms with E-state index in [1.165, 1.54) is 4.70 Å². The number of carbonyl (C=O) groups excluding carboxylic acids is 1. The summed E-state index contributed by atoms with van der Waals surface area (Å²) < 4.78 is 1.20. The van der Waals surface area contributed by atoms with E-state index in [-0.39, 0.29) is 5.91 Å². The molecule has 1 fully saturated rings. The van der Waals surface area contributed by atoms with Crippen molar-refractivity contribution < 1.29 is 4.79 Å². The maximum absolute atomic E-state index is 12.4. The summed E-state index contributed by atoms with van der Waals surface area (Å²) in [5.41, 5.74) is 1.89. The number of nitrogens with zero attached hydrogens (tertiary/aromatic N) is 3. The molecule has 4 nitrogen and oxygen atoms in total. The van der Waals surface area contributed by atoms with Crippen LogP contribution in [0.5, 0.6) is 0 Å². The van der Waals surface area contributed by atoms with Crippen LogP contribution in [0.15, 0.2) is 54.6 Å². The van der Waals surface area contributed by atoms with Crippen molar-refractivity contribution in [3.63, 3.8) is 0 Å². The summed E-state index contributed by atoms with van der Waals surface area (Å²) in [4.78, 5) is 21.3. The highest BCUT2D eigenvalue weighted by atomic mass is 35.5. The lowest BCUT2D eigenvalue weighted by Gasteiger charge is -2.34. The molecule has 1 aromatic heterocycles. The lowest BCUT2D eigenvalue weighted by molar-refractivity contribution is -0.126. The molecule has 0 aliphatic carbocycles. The third kappa shape index (κ3) is 3.59. The number of carbonyl (C=O) groups is 1. The van der Waals surface area contributed by atoms with Crippen LogP contribution in [0.25, 0.3) is 16.3 Å². The first-order chi connectivity index (χ1) is 12.7. The number of anilines is 1. The van der Waals surface area contributed by atoms with Gasteiger partial charge in [0.05, 0.1) is 10.2 Å². The molecule has 0 spiro atoms. The molecule has 0 saturated carbocycles. The van der Waals surface area contributed by atoms with Crippen LogP contribution in [0.2, 0.25) is 5.02 Å². The van der Waals surface area contributed by atoms with Gasteiger partial charge >= 0.3 is 0 Å². The van der Waals surface area contributed by atoms with Crippen molar-refractivity contribution in [2.75, 3.05) is 31.1 Å². The highest BCUT2D eigenvalue weighted by molar-refractivity contribution is 7.22. The van der Waals surface area contributed by atoms with Crippen molar-refractivity contribution >= 4 is 50.3 Å². The molecule has 3 aromatic rings. The van der Waals surface area contributed by atoms with Crippen molar-refractivity contribution in [2.45, 2.75) is 0 Å². The van der Waals surface area contributed by atoms with Gasteiger partial charge in [0.1, 0.15) is 0 Å². The minimum absolute atomic E-state index is 0.0221. The molecule has 4 rings (SSSR count). The van der Waals surface area contributed by atoms with E-state index in [0.29, 0.717) is 18.1 Å². The van der Waals surface area contributed by atoms with Crippen LogP contribution in [0.3, 0.4) is 0 Å². The third-order valence-corrected chi connectivity index (χ3v) is 5.90. The topological polar surface area (TPSA) is 36.4 Å². The summed E-state index contributed by atoms with van der Waals surface area (Å²) in [7, 11) is 0. The first kappa shape index (κ1) is 17.1. The fourth-order valence-corrected chi connectivity index (χ4v) is 4.21. The molecule has 2 heterocycles. The predicted molar refractivity (Wildman–Crippen MR) is 109 cm³/mol. The van der Waals surface area contributed by atoms with Gasteiger partial charge in [-0.1, -0.05) is 53.3 Å². The van der Waals surface area contributed by atoms with E-state index in [1.807, 2.05) is 47.4 Å². The van der Waals surface area contributed by atoms with Gasteiger partial charge in [0.15, 0.2) is 5.13 Å². The molecule has 6 heteroatoms. The summed E-state index contributed by atoms with van der Waals surface area (Å²) in [6.07, 6.45) is 3.39. The zero-order chi connectivity index (χ0) is 17.9. The molecule has 0 N–H and O–H groups in total. The van der Waals surface area contributed by atoms with Gasteiger partial charge in [0.2, 0.25) is 5.91 Å². The quantitative estimate of drug-likeness (QED) is 0.632. The molecule has 1 amide bonds. The Morgan fingerprint density at radius 2 is 1.77 bits per heavy atom. The number of halogens is 1. The summed E-state index contributed by atoms with van der Waals surface area (Å²) in [5, 5.41) is 1.68. The monoisotopic (exact) mass is 383 g/mol. The van der Waals surface area contributed by atoms with Crippen LogP contribution in [0.4, 0.5) is 5.13 Å². The standard InChI is InChI=1S/C20H18ClN3OS/c21-16-6-2-1-5-15(16)9-10-19(25)23-11-13-24(14-12-23)20-22-17-7-3-4-8-18(17)26-20/h1-10H,11-14H2/b10-9+. The Bertz CT molecular complexity index is 927. The average Bonchev–Trinajstić information content (AvgIpc) is 3.11. The van der Waals surface area contributed by atoms with Gasteiger partial charge in [0.25, 0.3) is 0 Å². The Kier molecular flexibility index (Phi) is 4.91. The molecule has 0 atom stereocenters. The summed E-state index contributed by atoms with van der Waals surface area (Å²) in [5.74, 6) is 0.0221. The SMILES string of the molecule is O=C(/C=C/c1ccccc1Cl)N1CCN(c2nc3ccccc3s2)CC1. The summed E-state index contributed by atoms with van der Waals surface area (Å²) in [6.45, 7) is 2.99. The number of para-hydroxylation sites is 1. The molecule has 132 valence electrons. The van der Waals surface area contributed by atoms with Crippen molar-refractivity contribution in [1.82, 2.24) is 9.88 Å². The second-order valence-electron chi connectivity index (χ2n) is 6.13. The molecule has 1 saturated heterocycles. The molecule has 1 aliphatic rings. The smallest absolute Gasteiger partial charge is 0.246 e. The van der Waals surface area contributed by atoms with Crippen LogP contribution < -0.4 is 4.90 Å². The molecule has 0 radical (unpaired) electrons. The normalized spacial score (nSPS) is 15.1. The van der Waals surface area contributed by atoms with Crippen LogP contribution in [-0.4, -0.2) is 42.0 Å². The van der Waals surface area contributed by atoms with Crippen molar-refractivity contribution in [3.05, 3.63) is 65.2 Å². The van der Waals surface area contributed by atoms with Gasteiger partial charge in [-0.25, -0.2) is 4.98 Å². The third-order valence-electron chi connectivity index (χ3n) is 4.46. The summed E-state index contributed by atoms with van der Waals surface area (Å²) in [6, 6.07) is 15.7. The number of amides is 1. The van der Waals surface area contributed by atoms with Gasteiger partial charge in [-0.15, -0.1) is 0 Å². The lowest BCUT2D eigenvalue weighted by Crippen LogP contribution is -2.48. The van der Waals surface area contributed by atoms with Crippen LogP contribution >= 0.6 is 22.9 Å². The number of fused-ring (bicyclic) bond motifs is 1. The number of rotatable bonds is 3. The fraction of sp³-hybridized carbons (Fsp3) is 0.200. The number of aromatic nitrogens is 1. The van der Waals surface area contributed by atoms with Crippen LogP contribution in [-0.2, 0) is 4.79 Å². The highest BCUT2D eigenvalue weighted by Crippen LogP contribution is 2.29. The number of hydrogen-bond donors (Lipinski definition) is 0. The molecule has 26 heavy (non-hydrogen) atoms. The maximum Gasteiger partial charge on any atom is 0.246 e. The first-order valence-electron chi connectivity index (χ1n) is 8.53. The van der Waals surface area contributed by atoms with Crippen molar-refractivity contribution in [3.8, 4) is 0 Å². The van der Waals surface area contributed by atoms with E-state index < -0.39 is 0 Å². The predicted octanol–water partition coefficient (Wildman–Crippen LogP) is 4.31. The Morgan fingerprint density at radius 3 is 2.54 bits per heavy atom. The molecule has 1 aliphatic heterocycles. The van der Waals surface area contributed by atoms with Gasteiger partial charge in [-0.05, 0) is 29.8 Å². The Morgan fingerprint density at radius 1 is 1.04 bits per heavy atom. The molecular formula is C20H18ClN3OS. The lowest BCUT2D eigenvalue weighted by atomic mass is 10.2. The van der Waals surface area contributed by atoms with Crippen molar-refractivity contribution in [1.29, 1.82) is 0 Å². The number of hydrogen-bond acceptors (Lipinski definition) is 4. The van der Waals surface area contributed by atoms with Crippen molar-refractivity contribution in [2.24, 2.45) is 0 Å². The first-order valence-corrected chi connectivity index (χ1v) is 9.72. The molecule has 0 bridgehead atoms. The number of benzene rings is 2. The number of thiazole rings is 1. The van der Waals surface area contributed by atoms with E-state index in [1.54, 1.807) is 23.5 Å². The van der Waals surface area contributed by atoms with Gasteiger partial charge in [-0.2, -0.15) is 0 Å². The van der Waals surface area contributed by atoms with Gasteiger partial charge in [0, 0.05) is 37.3 Å². The van der Waals surface area contributed by atoms with Crippen LogP contribution in [0, 0.1) is 0 Å². The largest absolute Gasteiger partial charge is 0.345 e.